The van der Waals surface area contributed by atoms with E-state index in [0.717, 1.165) is 5.75 Å². The topological polar surface area (TPSA) is 50.7 Å². The minimum Gasteiger partial charge on any atom is -0.497 e. The number of nitrogens with zero attached hydrogens (tertiary/aromatic N) is 1. The van der Waals surface area contributed by atoms with Gasteiger partial charge in [-0.15, -0.1) is 0 Å². The number of amidine groups is 1. The first-order valence-electron chi connectivity index (χ1n) is 6.83. The predicted molar refractivity (Wildman–Crippen MR) is 90.2 cm³/mol. The molecule has 1 heterocycles. The fraction of sp³-hybridized carbons (Fsp3) is 0.0588. The van der Waals surface area contributed by atoms with E-state index in [4.69, 9.17) is 4.74 Å². The summed E-state index contributed by atoms with van der Waals surface area (Å²) in [6.45, 7) is 0. The van der Waals surface area contributed by atoms with Crippen molar-refractivity contribution in [2.24, 2.45) is 4.99 Å². The van der Waals surface area contributed by atoms with Gasteiger partial charge in [0.05, 0.1) is 17.7 Å². The Kier molecular flexibility index (Phi) is 4.43. The molecule has 0 aromatic heterocycles. The van der Waals surface area contributed by atoms with E-state index in [0.29, 0.717) is 21.3 Å². The van der Waals surface area contributed by atoms with Crippen molar-refractivity contribution in [3.63, 3.8) is 0 Å². The number of ether oxygens (including phenoxy) is 1. The Hall–Kier alpha value is -2.60. The summed E-state index contributed by atoms with van der Waals surface area (Å²) in [6.07, 6.45) is 1.64. The van der Waals surface area contributed by atoms with Crippen LogP contribution in [0.5, 0.6) is 5.75 Å². The number of carbonyl (C=O) groups is 1. The van der Waals surface area contributed by atoms with Crippen molar-refractivity contribution in [1.82, 2.24) is 5.32 Å². The van der Waals surface area contributed by atoms with Gasteiger partial charge in [0.25, 0.3) is 5.91 Å². The smallest absolute Gasteiger partial charge is 0.264 e. The third-order valence-corrected chi connectivity index (χ3v) is 4.01. The quantitative estimate of drug-likeness (QED) is 0.874. The molecule has 1 aliphatic heterocycles. The minimum absolute atomic E-state index is 0.244. The van der Waals surface area contributed by atoms with Gasteiger partial charge in [0.15, 0.2) is 5.17 Å². The van der Waals surface area contributed by atoms with Gasteiger partial charge in [-0.3, -0.25) is 4.79 Å². The fourth-order valence-electron chi connectivity index (χ4n) is 2.00. The van der Waals surface area contributed by atoms with E-state index in [9.17, 15) is 9.18 Å². The van der Waals surface area contributed by atoms with Gasteiger partial charge >= 0.3 is 0 Å². The van der Waals surface area contributed by atoms with Crippen LogP contribution in [0.25, 0.3) is 6.08 Å². The molecule has 2 aromatic carbocycles. The van der Waals surface area contributed by atoms with E-state index >= 15 is 0 Å². The molecule has 2 aromatic rings. The van der Waals surface area contributed by atoms with Crippen LogP contribution >= 0.6 is 11.8 Å². The molecule has 0 radical (unpaired) electrons. The summed E-state index contributed by atoms with van der Waals surface area (Å²) in [7, 11) is 1.59. The van der Waals surface area contributed by atoms with Gasteiger partial charge in [0, 0.05) is 0 Å². The van der Waals surface area contributed by atoms with Crippen LogP contribution in [0.3, 0.4) is 0 Å². The van der Waals surface area contributed by atoms with Crippen molar-refractivity contribution in [2.75, 3.05) is 7.11 Å². The molecule has 0 unspecified atom stereocenters. The molecule has 1 fully saturated rings. The Bertz CT molecular complexity index is 800. The van der Waals surface area contributed by atoms with Crippen LogP contribution in [0.1, 0.15) is 5.56 Å². The molecule has 0 spiro atoms. The van der Waals surface area contributed by atoms with Gasteiger partial charge < -0.3 is 10.1 Å². The Labute approximate surface area is 137 Å². The highest BCUT2D eigenvalue weighted by molar-refractivity contribution is 8.18. The van der Waals surface area contributed by atoms with Crippen LogP contribution in [-0.2, 0) is 4.79 Å². The monoisotopic (exact) mass is 328 g/mol. The molecule has 0 aliphatic carbocycles. The molecule has 116 valence electrons. The molecule has 0 atom stereocenters. The molecule has 0 saturated carbocycles. The molecular weight excluding hydrogens is 315 g/mol. The first-order valence-corrected chi connectivity index (χ1v) is 7.65. The summed E-state index contributed by atoms with van der Waals surface area (Å²) >= 11 is 1.22. The van der Waals surface area contributed by atoms with Crippen molar-refractivity contribution in [3.8, 4) is 5.75 Å². The third-order valence-electron chi connectivity index (χ3n) is 3.10. The Morgan fingerprint density at radius 1 is 1.22 bits per heavy atom. The van der Waals surface area contributed by atoms with E-state index in [-0.39, 0.29) is 11.7 Å². The van der Waals surface area contributed by atoms with E-state index in [1.807, 2.05) is 0 Å². The number of thioether (sulfide) groups is 1. The molecule has 1 N–H and O–H groups in total. The molecule has 23 heavy (non-hydrogen) atoms. The maximum atomic E-state index is 13.2. The highest BCUT2D eigenvalue weighted by atomic mass is 32.2. The first-order chi connectivity index (χ1) is 11.1. The van der Waals surface area contributed by atoms with Crippen LogP contribution < -0.4 is 10.1 Å². The number of methoxy groups -OCH3 is 1. The van der Waals surface area contributed by atoms with Crippen LogP contribution in [0.15, 0.2) is 58.4 Å². The second kappa shape index (κ2) is 6.66. The largest absolute Gasteiger partial charge is 0.497 e. The average Bonchev–Trinajstić information content (AvgIpc) is 2.87. The molecule has 0 bridgehead atoms. The highest BCUT2D eigenvalue weighted by Gasteiger charge is 2.23. The Morgan fingerprint density at radius 3 is 2.70 bits per heavy atom. The molecule has 4 nitrogen and oxygen atoms in total. The second-order valence-corrected chi connectivity index (χ2v) is 5.77. The van der Waals surface area contributed by atoms with Gasteiger partial charge in [-0.2, -0.15) is 0 Å². The minimum atomic E-state index is -0.338. The number of aliphatic imine (C=N–C) groups is 1. The number of benzene rings is 2. The van der Waals surface area contributed by atoms with E-state index in [2.05, 4.69) is 10.3 Å². The van der Waals surface area contributed by atoms with Crippen molar-refractivity contribution in [1.29, 1.82) is 0 Å². The zero-order valence-electron chi connectivity index (χ0n) is 12.2. The lowest BCUT2D eigenvalue weighted by molar-refractivity contribution is -0.115. The van der Waals surface area contributed by atoms with Gasteiger partial charge in [-0.05, 0) is 59.8 Å². The van der Waals surface area contributed by atoms with Crippen LogP contribution in [0.4, 0.5) is 10.1 Å². The fourth-order valence-corrected chi connectivity index (χ4v) is 2.84. The lowest BCUT2D eigenvalue weighted by atomic mass is 10.2. The summed E-state index contributed by atoms with van der Waals surface area (Å²) in [5.41, 5.74) is 1.34. The van der Waals surface area contributed by atoms with Gasteiger partial charge in [0.2, 0.25) is 0 Å². The first kappa shape index (κ1) is 15.3. The number of carbonyl (C=O) groups excluding carboxylic acids is 1. The summed E-state index contributed by atoms with van der Waals surface area (Å²) < 4.78 is 18.3. The van der Waals surface area contributed by atoms with Crippen molar-refractivity contribution >= 4 is 34.6 Å². The summed E-state index contributed by atoms with van der Waals surface area (Å²) in [6, 6.07) is 13.3. The summed E-state index contributed by atoms with van der Waals surface area (Å²) in [4.78, 5) is 16.8. The standard InChI is InChI=1S/C17H13FN2O2S/c1-22-14-7-5-13(6-8-14)19-17-20-16(21)15(23-17)10-11-3-2-4-12(18)9-11/h2-10H,1H3,(H,19,20,21). The molecule has 3 rings (SSSR count). The van der Waals surface area contributed by atoms with Crippen molar-refractivity contribution in [3.05, 3.63) is 64.8 Å². The molecule has 6 heteroatoms. The zero-order valence-corrected chi connectivity index (χ0v) is 13.1. The molecular formula is C17H13FN2O2S. The van der Waals surface area contributed by atoms with Crippen LogP contribution in [0, 0.1) is 5.82 Å². The lowest BCUT2D eigenvalue weighted by Crippen LogP contribution is -2.19. The number of halogens is 1. The maximum Gasteiger partial charge on any atom is 0.264 e. The van der Waals surface area contributed by atoms with Gasteiger partial charge in [-0.1, -0.05) is 12.1 Å². The van der Waals surface area contributed by atoms with Crippen molar-refractivity contribution < 1.29 is 13.9 Å². The molecule has 1 saturated heterocycles. The van der Waals surface area contributed by atoms with E-state index in [1.54, 1.807) is 49.6 Å². The molecule has 1 amide bonds. The van der Waals surface area contributed by atoms with Crippen molar-refractivity contribution in [2.45, 2.75) is 0 Å². The maximum absolute atomic E-state index is 13.2. The van der Waals surface area contributed by atoms with E-state index < -0.39 is 0 Å². The van der Waals surface area contributed by atoms with E-state index in [1.165, 1.54) is 23.9 Å². The predicted octanol–water partition coefficient (Wildman–Crippen LogP) is 3.73. The number of rotatable bonds is 3. The SMILES string of the molecule is COc1ccc(N=C2NC(=O)C(=Cc3cccc(F)c3)S2)cc1. The van der Waals surface area contributed by atoms with Gasteiger partial charge in [0.1, 0.15) is 11.6 Å². The van der Waals surface area contributed by atoms with Crippen LogP contribution in [-0.4, -0.2) is 18.2 Å². The third kappa shape index (κ3) is 3.78. The summed E-state index contributed by atoms with van der Waals surface area (Å²) in [5, 5.41) is 3.19. The number of nitrogens with one attached hydrogen (secondary N) is 1. The van der Waals surface area contributed by atoms with Crippen LogP contribution in [0.2, 0.25) is 0 Å². The highest BCUT2D eigenvalue weighted by Crippen LogP contribution is 2.28. The number of amides is 1. The number of hydrogen-bond donors (Lipinski definition) is 1. The average molecular weight is 328 g/mol. The Balaban J connectivity index is 1.80. The normalized spacial score (nSPS) is 17.6. The number of hydrogen-bond acceptors (Lipinski definition) is 4. The second-order valence-electron chi connectivity index (χ2n) is 4.73. The van der Waals surface area contributed by atoms with Gasteiger partial charge in [-0.25, -0.2) is 9.38 Å². The zero-order chi connectivity index (χ0) is 16.2. The Morgan fingerprint density at radius 2 is 2.00 bits per heavy atom. The molecule has 1 aliphatic rings. The summed E-state index contributed by atoms with van der Waals surface area (Å²) in [5.74, 6) is 0.158. The lowest BCUT2D eigenvalue weighted by Gasteiger charge is -1.99.